The Morgan fingerprint density at radius 1 is 1.45 bits per heavy atom. The molecule has 0 aromatic rings. The normalized spacial score (nSPS) is 23.5. The molecule has 1 heterocycles. The largest absolute Gasteiger partial charge is 0.384 e. The summed E-state index contributed by atoms with van der Waals surface area (Å²) in [5.74, 6) is 0. The van der Waals surface area contributed by atoms with E-state index in [0.717, 1.165) is 39.1 Å². The van der Waals surface area contributed by atoms with Crippen LogP contribution in [0.25, 0.3) is 0 Å². The summed E-state index contributed by atoms with van der Waals surface area (Å²) < 4.78 is 5.17. The van der Waals surface area contributed by atoms with Crippen molar-refractivity contribution in [3.63, 3.8) is 0 Å². The van der Waals surface area contributed by atoms with Crippen LogP contribution in [0.2, 0.25) is 0 Å². The Balaban J connectivity index is 2.42. The van der Waals surface area contributed by atoms with Gasteiger partial charge in [-0.25, -0.2) is 0 Å². The van der Waals surface area contributed by atoms with Crippen molar-refractivity contribution in [3.05, 3.63) is 0 Å². The Bertz CT molecular complexity index is 105. The molecule has 0 amide bonds. The molecule has 0 saturated carbocycles. The summed E-state index contributed by atoms with van der Waals surface area (Å²) in [5.41, 5.74) is 5.98. The van der Waals surface area contributed by atoms with Gasteiger partial charge in [0, 0.05) is 19.1 Å². The zero-order chi connectivity index (χ0) is 8.16. The first-order valence-corrected chi connectivity index (χ1v) is 4.23. The minimum atomic E-state index is 0.264. The number of hydrogen-bond donors (Lipinski definition) is 2. The SMILES string of the molecule is COCC1(CN)CCNCC1. The molecule has 3 heteroatoms. The molecule has 0 atom stereocenters. The first kappa shape index (κ1) is 8.97. The van der Waals surface area contributed by atoms with Crippen LogP contribution in [-0.4, -0.2) is 33.4 Å². The second-order valence-corrected chi connectivity index (χ2v) is 3.39. The highest BCUT2D eigenvalue weighted by molar-refractivity contribution is 4.85. The number of nitrogens with two attached hydrogens (primary N) is 1. The molecule has 0 aromatic carbocycles. The summed E-state index contributed by atoms with van der Waals surface area (Å²) in [7, 11) is 1.75. The number of ether oxygens (including phenoxy) is 1. The topological polar surface area (TPSA) is 47.3 Å². The van der Waals surface area contributed by atoms with E-state index in [-0.39, 0.29) is 5.41 Å². The average Bonchev–Trinajstić information content (AvgIpc) is 2.07. The lowest BCUT2D eigenvalue weighted by atomic mass is 9.80. The highest BCUT2D eigenvalue weighted by Crippen LogP contribution is 2.27. The Hall–Kier alpha value is -0.120. The van der Waals surface area contributed by atoms with Crippen LogP contribution in [0.3, 0.4) is 0 Å². The number of piperidine rings is 1. The van der Waals surface area contributed by atoms with Crippen molar-refractivity contribution < 1.29 is 4.74 Å². The van der Waals surface area contributed by atoms with Gasteiger partial charge in [-0.3, -0.25) is 0 Å². The van der Waals surface area contributed by atoms with E-state index < -0.39 is 0 Å². The lowest BCUT2D eigenvalue weighted by Gasteiger charge is -2.35. The predicted molar refractivity (Wildman–Crippen MR) is 45.5 cm³/mol. The molecule has 0 unspecified atom stereocenters. The fourth-order valence-corrected chi connectivity index (χ4v) is 1.67. The van der Waals surface area contributed by atoms with Crippen LogP contribution < -0.4 is 11.1 Å². The number of hydrogen-bond acceptors (Lipinski definition) is 3. The summed E-state index contributed by atoms with van der Waals surface area (Å²) in [6.07, 6.45) is 2.30. The standard InChI is InChI=1S/C8H18N2O/c1-11-7-8(6-9)2-4-10-5-3-8/h10H,2-7,9H2,1H3. The molecule has 3 nitrogen and oxygen atoms in total. The fraction of sp³-hybridized carbons (Fsp3) is 1.00. The third-order valence-electron chi connectivity index (χ3n) is 2.55. The lowest BCUT2D eigenvalue weighted by Crippen LogP contribution is -2.44. The molecule has 1 aliphatic rings. The summed E-state index contributed by atoms with van der Waals surface area (Å²) in [4.78, 5) is 0. The van der Waals surface area contributed by atoms with E-state index >= 15 is 0 Å². The van der Waals surface area contributed by atoms with Crippen LogP contribution in [0.15, 0.2) is 0 Å². The molecule has 0 aromatic heterocycles. The summed E-state index contributed by atoms with van der Waals surface area (Å²) >= 11 is 0. The zero-order valence-corrected chi connectivity index (χ0v) is 7.23. The van der Waals surface area contributed by atoms with Gasteiger partial charge in [0.05, 0.1) is 6.61 Å². The Morgan fingerprint density at radius 2 is 2.09 bits per heavy atom. The number of methoxy groups -OCH3 is 1. The maximum absolute atomic E-state index is 5.72. The maximum atomic E-state index is 5.72. The Labute approximate surface area is 68.3 Å². The summed E-state index contributed by atoms with van der Waals surface area (Å²) in [6.45, 7) is 3.73. The van der Waals surface area contributed by atoms with Gasteiger partial charge in [0.1, 0.15) is 0 Å². The smallest absolute Gasteiger partial charge is 0.0531 e. The van der Waals surface area contributed by atoms with E-state index in [1.54, 1.807) is 7.11 Å². The highest BCUT2D eigenvalue weighted by Gasteiger charge is 2.30. The van der Waals surface area contributed by atoms with Crippen molar-refractivity contribution in [1.82, 2.24) is 5.32 Å². The zero-order valence-electron chi connectivity index (χ0n) is 7.23. The Morgan fingerprint density at radius 3 is 2.55 bits per heavy atom. The van der Waals surface area contributed by atoms with Gasteiger partial charge < -0.3 is 15.8 Å². The van der Waals surface area contributed by atoms with Crippen molar-refractivity contribution in [2.45, 2.75) is 12.8 Å². The molecule has 0 bridgehead atoms. The number of rotatable bonds is 3. The van der Waals surface area contributed by atoms with E-state index in [1.165, 1.54) is 0 Å². The molecule has 1 aliphatic heterocycles. The summed E-state index contributed by atoms with van der Waals surface area (Å²) in [6, 6.07) is 0. The highest BCUT2D eigenvalue weighted by atomic mass is 16.5. The molecule has 1 fully saturated rings. The molecular formula is C8H18N2O. The van der Waals surface area contributed by atoms with Gasteiger partial charge in [0.2, 0.25) is 0 Å². The number of nitrogens with one attached hydrogen (secondary N) is 1. The van der Waals surface area contributed by atoms with Crippen LogP contribution >= 0.6 is 0 Å². The molecule has 0 spiro atoms. The fourth-order valence-electron chi connectivity index (χ4n) is 1.67. The van der Waals surface area contributed by atoms with E-state index in [2.05, 4.69) is 5.32 Å². The minimum absolute atomic E-state index is 0.264. The van der Waals surface area contributed by atoms with Crippen molar-refractivity contribution in [3.8, 4) is 0 Å². The molecule has 0 aliphatic carbocycles. The van der Waals surface area contributed by atoms with Crippen molar-refractivity contribution >= 4 is 0 Å². The first-order chi connectivity index (χ1) is 5.33. The monoisotopic (exact) mass is 158 g/mol. The van der Waals surface area contributed by atoms with E-state index in [4.69, 9.17) is 10.5 Å². The molecule has 1 saturated heterocycles. The van der Waals surface area contributed by atoms with Gasteiger partial charge in [-0.05, 0) is 25.9 Å². The molecular weight excluding hydrogens is 140 g/mol. The van der Waals surface area contributed by atoms with E-state index in [9.17, 15) is 0 Å². The van der Waals surface area contributed by atoms with E-state index in [0.29, 0.717) is 0 Å². The third-order valence-corrected chi connectivity index (χ3v) is 2.55. The predicted octanol–water partition coefficient (Wildman–Crippen LogP) is -0.0387. The minimum Gasteiger partial charge on any atom is -0.384 e. The van der Waals surface area contributed by atoms with Crippen molar-refractivity contribution in [1.29, 1.82) is 0 Å². The van der Waals surface area contributed by atoms with Gasteiger partial charge in [-0.15, -0.1) is 0 Å². The quantitative estimate of drug-likeness (QED) is 0.606. The van der Waals surface area contributed by atoms with Crippen molar-refractivity contribution in [2.75, 3.05) is 33.4 Å². The summed E-state index contributed by atoms with van der Waals surface area (Å²) in [5, 5.41) is 3.32. The van der Waals surface area contributed by atoms with Gasteiger partial charge in [-0.1, -0.05) is 0 Å². The van der Waals surface area contributed by atoms with Gasteiger partial charge in [0.15, 0.2) is 0 Å². The average molecular weight is 158 g/mol. The second kappa shape index (κ2) is 4.04. The van der Waals surface area contributed by atoms with Crippen LogP contribution in [0.4, 0.5) is 0 Å². The van der Waals surface area contributed by atoms with Crippen LogP contribution in [0, 0.1) is 5.41 Å². The van der Waals surface area contributed by atoms with E-state index in [1.807, 2.05) is 0 Å². The van der Waals surface area contributed by atoms with Crippen LogP contribution in [0.1, 0.15) is 12.8 Å². The third kappa shape index (κ3) is 2.15. The molecule has 3 N–H and O–H groups in total. The van der Waals surface area contributed by atoms with Gasteiger partial charge >= 0.3 is 0 Å². The van der Waals surface area contributed by atoms with Crippen LogP contribution in [-0.2, 0) is 4.74 Å². The van der Waals surface area contributed by atoms with Gasteiger partial charge in [0.25, 0.3) is 0 Å². The maximum Gasteiger partial charge on any atom is 0.0531 e. The molecule has 11 heavy (non-hydrogen) atoms. The Kier molecular flexibility index (Phi) is 3.30. The molecule has 66 valence electrons. The van der Waals surface area contributed by atoms with Crippen molar-refractivity contribution in [2.24, 2.45) is 11.1 Å². The molecule has 0 radical (unpaired) electrons. The second-order valence-electron chi connectivity index (χ2n) is 3.39. The van der Waals surface area contributed by atoms with Crippen LogP contribution in [0.5, 0.6) is 0 Å². The van der Waals surface area contributed by atoms with Gasteiger partial charge in [-0.2, -0.15) is 0 Å². The first-order valence-electron chi connectivity index (χ1n) is 4.23. The molecule has 1 rings (SSSR count). The lowest BCUT2D eigenvalue weighted by molar-refractivity contribution is 0.0604.